The predicted octanol–water partition coefficient (Wildman–Crippen LogP) is 3.98. The lowest BCUT2D eigenvalue weighted by molar-refractivity contribution is 0.322. The molecule has 5 heteroatoms. The Balaban J connectivity index is 2.08. The molecule has 0 spiro atoms. The van der Waals surface area contributed by atoms with E-state index in [0.29, 0.717) is 0 Å². The molecule has 0 fully saturated rings. The third kappa shape index (κ3) is 3.65. The average Bonchev–Trinajstić information content (AvgIpc) is 2.47. The van der Waals surface area contributed by atoms with Crippen LogP contribution in [0.25, 0.3) is 0 Å². The highest BCUT2D eigenvalue weighted by Crippen LogP contribution is 2.21. The van der Waals surface area contributed by atoms with Crippen LogP contribution in [0.2, 0.25) is 0 Å². The van der Waals surface area contributed by atoms with Gasteiger partial charge in [-0.3, -0.25) is 0 Å². The van der Waals surface area contributed by atoms with Crippen LogP contribution in [-0.2, 0) is 0 Å². The summed E-state index contributed by atoms with van der Waals surface area (Å²) in [5.41, 5.74) is 3.48. The molecule has 20 heavy (non-hydrogen) atoms. The van der Waals surface area contributed by atoms with Gasteiger partial charge in [-0.05, 0) is 42.0 Å². The molecule has 0 aliphatic heterocycles. The summed E-state index contributed by atoms with van der Waals surface area (Å²) in [5, 5.41) is 19.7. The Labute approximate surface area is 117 Å². The van der Waals surface area contributed by atoms with Crippen LogP contribution in [0.4, 0.5) is 17.1 Å². The van der Waals surface area contributed by atoms with E-state index in [0.717, 1.165) is 22.6 Å². The molecule has 2 rings (SSSR count). The van der Waals surface area contributed by atoms with Gasteiger partial charge in [0.1, 0.15) is 0 Å². The summed E-state index contributed by atoms with van der Waals surface area (Å²) in [6.45, 7) is 0. The second kappa shape index (κ2) is 6.47. The zero-order valence-electron chi connectivity index (χ0n) is 11.4. The van der Waals surface area contributed by atoms with E-state index in [2.05, 4.69) is 15.4 Å². The van der Waals surface area contributed by atoms with Gasteiger partial charge < -0.3 is 10.1 Å². The van der Waals surface area contributed by atoms with E-state index in [1.807, 2.05) is 67.5 Å². The van der Waals surface area contributed by atoms with Crippen LogP contribution < -0.4 is 4.90 Å². The molecule has 0 unspecified atom stereocenters. The number of rotatable bonds is 4. The first-order valence-corrected chi connectivity index (χ1v) is 6.15. The van der Waals surface area contributed by atoms with Crippen molar-refractivity contribution in [2.75, 3.05) is 19.0 Å². The number of hydrogen-bond acceptors (Lipinski definition) is 5. The van der Waals surface area contributed by atoms with Crippen molar-refractivity contribution in [1.82, 2.24) is 0 Å². The van der Waals surface area contributed by atoms with Crippen LogP contribution in [0.5, 0.6) is 0 Å². The number of hydrogen-bond donors (Lipinski definition) is 1. The highest BCUT2D eigenvalue weighted by Gasteiger charge is 1.95. The number of nitrogens with zero attached hydrogens (tertiary/aromatic N) is 4. The molecule has 2 aromatic carbocycles. The molecular weight excluding hydrogens is 252 g/mol. The quantitative estimate of drug-likeness (QED) is 0.394. The Hall–Kier alpha value is -2.69. The van der Waals surface area contributed by atoms with Crippen molar-refractivity contribution in [2.24, 2.45) is 15.4 Å². The monoisotopic (exact) mass is 268 g/mol. The third-order valence-electron chi connectivity index (χ3n) is 2.75. The van der Waals surface area contributed by atoms with Gasteiger partial charge in [0.05, 0.1) is 17.6 Å². The van der Waals surface area contributed by atoms with Gasteiger partial charge in [-0.2, -0.15) is 10.2 Å². The minimum absolute atomic E-state index is 0.747. The van der Waals surface area contributed by atoms with Crippen molar-refractivity contribution in [2.45, 2.75) is 0 Å². The topological polar surface area (TPSA) is 60.5 Å². The zero-order valence-corrected chi connectivity index (χ0v) is 11.4. The smallest absolute Gasteiger partial charge is 0.0858 e. The van der Waals surface area contributed by atoms with Gasteiger partial charge in [0, 0.05) is 19.8 Å². The standard InChI is InChI=1S/C15H16N4O/c1-19(2)15-9-7-14(8-10-15)18-17-13-5-3-12(4-6-13)11-16-20/h3-11,20H,1-2H3/b16-11+,18-17?. The average molecular weight is 268 g/mol. The Bertz CT molecular complexity index is 601. The summed E-state index contributed by atoms with van der Waals surface area (Å²) in [6, 6.07) is 15.1. The van der Waals surface area contributed by atoms with Crippen molar-refractivity contribution in [1.29, 1.82) is 0 Å². The van der Waals surface area contributed by atoms with Gasteiger partial charge in [-0.25, -0.2) is 0 Å². The van der Waals surface area contributed by atoms with Crippen molar-refractivity contribution < 1.29 is 5.21 Å². The molecule has 0 saturated carbocycles. The lowest BCUT2D eigenvalue weighted by Gasteiger charge is -2.11. The van der Waals surface area contributed by atoms with E-state index < -0.39 is 0 Å². The first-order chi connectivity index (χ1) is 9.69. The van der Waals surface area contributed by atoms with Crippen molar-refractivity contribution >= 4 is 23.3 Å². The van der Waals surface area contributed by atoms with Crippen LogP contribution in [0, 0.1) is 0 Å². The fraction of sp³-hybridized carbons (Fsp3) is 0.133. The third-order valence-corrected chi connectivity index (χ3v) is 2.75. The van der Waals surface area contributed by atoms with Crippen LogP contribution in [0.15, 0.2) is 63.9 Å². The summed E-state index contributed by atoms with van der Waals surface area (Å²) in [4.78, 5) is 2.03. The van der Waals surface area contributed by atoms with Crippen LogP contribution >= 0.6 is 0 Å². The Kier molecular flexibility index (Phi) is 4.44. The highest BCUT2D eigenvalue weighted by atomic mass is 16.4. The maximum absolute atomic E-state index is 8.43. The van der Waals surface area contributed by atoms with Crippen LogP contribution in [0.1, 0.15) is 5.56 Å². The van der Waals surface area contributed by atoms with Gasteiger partial charge in [-0.15, -0.1) is 0 Å². The lowest BCUT2D eigenvalue weighted by atomic mass is 10.2. The van der Waals surface area contributed by atoms with Crippen molar-refractivity contribution in [3.63, 3.8) is 0 Å². The molecule has 0 aromatic heterocycles. The summed E-state index contributed by atoms with van der Waals surface area (Å²) < 4.78 is 0. The molecule has 5 nitrogen and oxygen atoms in total. The number of benzene rings is 2. The Morgan fingerprint density at radius 2 is 1.35 bits per heavy atom. The fourth-order valence-electron chi connectivity index (χ4n) is 1.63. The molecule has 2 aromatic rings. The normalized spacial score (nSPS) is 11.3. The number of oxime groups is 1. The molecule has 0 amide bonds. The van der Waals surface area contributed by atoms with Crippen LogP contribution in [-0.4, -0.2) is 25.5 Å². The van der Waals surface area contributed by atoms with Crippen molar-refractivity contribution in [3.8, 4) is 0 Å². The molecule has 0 bridgehead atoms. The zero-order chi connectivity index (χ0) is 14.4. The van der Waals surface area contributed by atoms with Gasteiger partial charge in [0.25, 0.3) is 0 Å². The van der Waals surface area contributed by atoms with E-state index in [4.69, 9.17) is 5.21 Å². The number of anilines is 1. The first kappa shape index (κ1) is 13.7. The summed E-state index contributed by atoms with van der Waals surface area (Å²) >= 11 is 0. The SMILES string of the molecule is CN(C)c1ccc(N=Nc2ccc(/C=N/O)cc2)cc1. The van der Waals surface area contributed by atoms with E-state index in [1.165, 1.54) is 6.21 Å². The van der Waals surface area contributed by atoms with Gasteiger partial charge >= 0.3 is 0 Å². The molecule has 0 radical (unpaired) electrons. The highest BCUT2D eigenvalue weighted by molar-refractivity contribution is 5.79. The maximum Gasteiger partial charge on any atom is 0.0858 e. The van der Waals surface area contributed by atoms with Gasteiger partial charge in [-0.1, -0.05) is 17.3 Å². The second-order valence-electron chi connectivity index (χ2n) is 4.45. The molecule has 0 saturated heterocycles. The molecule has 0 atom stereocenters. The minimum atomic E-state index is 0.747. The van der Waals surface area contributed by atoms with E-state index in [9.17, 15) is 0 Å². The summed E-state index contributed by atoms with van der Waals surface area (Å²) in [7, 11) is 3.99. The predicted molar refractivity (Wildman–Crippen MR) is 80.8 cm³/mol. The van der Waals surface area contributed by atoms with Crippen molar-refractivity contribution in [3.05, 3.63) is 54.1 Å². The maximum atomic E-state index is 8.43. The van der Waals surface area contributed by atoms with E-state index in [-0.39, 0.29) is 0 Å². The molecule has 0 aliphatic carbocycles. The summed E-state index contributed by atoms with van der Waals surface area (Å²) in [5.74, 6) is 0. The summed E-state index contributed by atoms with van der Waals surface area (Å²) in [6.07, 6.45) is 1.36. The van der Waals surface area contributed by atoms with Gasteiger partial charge in [0.2, 0.25) is 0 Å². The molecule has 102 valence electrons. The van der Waals surface area contributed by atoms with Crippen LogP contribution in [0.3, 0.4) is 0 Å². The largest absolute Gasteiger partial charge is 0.411 e. The number of azo groups is 1. The molecule has 0 aliphatic rings. The Morgan fingerprint density at radius 1 is 0.850 bits per heavy atom. The minimum Gasteiger partial charge on any atom is -0.411 e. The van der Waals surface area contributed by atoms with Gasteiger partial charge in [0.15, 0.2) is 0 Å². The first-order valence-electron chi connectivity index (χ1n) is 6.15. The Morgan fingerprint density at radius 3 is 1.80 bits per heavy atom. The molecular formula is C15H16N4O. The molecule has 0 heterocycles. The second-order valence-corrected chi connectivity index (χ2v) is 4.45. The molecule has 1 N–H and O–H groups in total. The van der Waals surface area contributed by atoms with E-state index >= 15 is 0 Å². The fourth-order valence-corrected chi connectivity index (χ4v) is 1.63. The lowest BCUT2D eigenvalue weighted by Crippen LogP contribution is -2.07. The van der Waals surface area contributed by atoms with E-state index in [1.54, 1.807) is 0 Å².